The highest BCUT2D eigenvalue weighted by Crippen LogP contribution is 2.08. The molecular weight excluding hydrogens is 188 g/mol. The van der Waals surface area contributed by atoms with Crippen molar-refractivity contribution in [3.8, 4) is 0 Å². The van der Waals surface area contributed by atoms with Gasteiger partial charge < -0.3 is 10.2 Å². The lowest BCUT2D eigenvalue weighted by atomic mass is 10.2. The zero-order chi connectivity index (χ0) is 11.1. The summed E-state index contributed by atoms with van der Waals surface area (Å²) in [5, 5.41) is 10.2. The van der Waals surface area contributed by atoms with Gasteiger partial charge in [0.05, 0.1) is 5.69 Å². The summed E-state index contributed by atoms with van der Waals surface area (Å²) >= 11 is 0. The normalized spacial score (nSPS) is 11.7. The van der Waals surface area contributed by atoms with Crippen LogP contribution in [0.4, 0.5) is 0 Å². The molecule has 0 saturated carbocycles. The lowest BCUT2D eigenvalue weighted by molar-refractivity contribution is 0.328. The van der Waals surface area contributed by atoms with E-state index in [1.807, 2.05) is 32.3 Å². The molecule has 2 N–H and O–H groups in total. The summed E-state index contributed by atoms with van der Waals surface area (Å²) < 4.78 is 0. The Morgan fingerprint density at radius 1 is 1.60 bits per heavy atom. The number of rotatable bonds is 6. The Balaban J connectivity index is 2.51. The molecule has 0 radical (unpaired) electrons. The minimum atomic E-state index is 0.928. The van der Waals surface area contributed by atoms with Crippen LogP contribution in [0.15, 0.2) is 12.3 Å². The summed E-state index contributed by atoms with van der Waals surface area (Å²) in [7, 11) is 4.08. The fraction of sp³-hybridized carbons (Fsp3) is 0.545. The van der Waals surface area contributed by atoms with E-state index in [0.29, 0.717) is 0 Å². The Morgan fingerprint density at radius 2 is 2.40 bits per heavy atom. The Bertz CT molecular complexity index is 303. The van der Waals surface area contributed by atoms with Gasteiger partial charge in [0.2, 0.25) is 0 Å². The zero-order valence-electron chi connectivity index (χ0n) is 9.75. The molecule has 0 amide bonds. The van der Waals surface area contributed by atoms with Gasteiger partial charge in [0.15, 0.2) is 0 Å². The van der Waals surface area contributed by atoms with Gasteiger partial charge in [0, 0.05) is 31.4 Å². The van der Waals surface area contributed by atoms with Crippen LogP contribution in [0.2, 0.25) is 0 Å². The number of nitrogens with one attached hydrogen (secondary N) is 2. The first kappa shape index (κ1) is 11.9. The molecule has 0 saturated heterocycles. The monoisotopic (exact) mass is 208 g/mol. The van der Waals surface area contributed by atoms with Crippen LogP contribution >= 0.6 is 0 Å². The molecule has 84 valence electrons. The van der Waals surface area contributed by atoms with Crippen molar-refractivity contribution in [3.63, 3.8) is 0 Å². The summed E-state index contributed by atoms with van der Waals surface area (Å²) in [5.74, 6) is 0. The Morgan fingerprint density at radius 3 is 3.07 bits per heavy atom. The summed E-state index contributed by atoms with van der Waals surface area (Å²) in [4.78, 5) is 2.27. The summed E-state index contributed by atoms with van der Waals surface area (Å²) in [6, 6.07) is 0. The molecule has 0 spiro atoms. The molecule has 1 aromatic heterocycles. The van der Waals surface area contributed by atoms with Crippen molar-refractivity contribution in [3.05, 3.63) is 23.5 Å². The summed E-state index contributed by atoms with van der Waals surface area (Å²) in [6.07, 6.45) is 6.00. The number of aromatic nitrogens is 2. The van der Waals surface area contributed by atoms with E-state index in [4.69, 9.17) is 0 Å². The molecule has 0 atom stereocenters. The van der Waals surface area contributed by atoms with Crippen molar-refractivity contribution >= 4 is 6.08 Å². The SMILES string of the molecule is C/C=C/c1n[nH]cc1CN(C)CCNC. The van der Waals surface area contributed by atoms with Crippen LogP contribution in [0.25, 0.3) is 6.08 Å². The lowest BCUT2D eigenvalue weighted by Crippen LogP contribution is -2.27. The molecule has 0 bridgehead atoms. The van der Waals surface area contributed by atoms with Gasteiger partial charge in [-0.15, -0.1) is 0 Å². The molecule has 15 heavy (non-hydrogen) atoms. The molecule has 1 aromatic rings. The van der Waals surface area contributed by atoms with Crippen molar-refractivity contribution in [1.29, 1.82) is 0 Å². The second-order valence-electron chi connectivity index (χ2n) is 3.64. The van der Waals surface area contributed by atoms with E-state index >= 15 is 0 Å². The van der Waals surface area contributed by atoms with Crippen LogP contribution in [0.1, 0.15) is 18.2 Å². The molecule has 1 rings (SSSR count). The molecule has 0 fully saturated rings. The molecule has 0 aromatic carbocycles. The van der Waals surface area contributed by atoms with Crippen LogP contribution < -0.4 is 5.32 Å². The zero-order valence-corrected chi connectivity index (χ0v) is 9.75. The van der Waals surface area contributed by atoms with Gasteiger partial charge in [-0.05, 0) is 27.1 Å². The minimum absolute atomic E-state index is 0.928. The number of allylic oxidation sites excluding steroid dienone is 1. The molecule has 0 unspecified atom stereocenters. The average Bonchev–Trinajstić information content (AvgIpc) is 2.63. The van der Waals surface area contributed by atoms with Gasteiger partial charge >= 0.3 is 0 Å². The lowest BCUT2D eigenvalue weighted by Gasteiger charge is -2.15. The van der Waals surface area contributed by atoms with Gasteiger partial charge in [-0.3, -0.25) is 5.10 Å². The fourth-order valence-electron chi connectivity index (χ4n) is 1.43. The molecular formula is C11H20N4. The predicted molar refractivity (Wildman–Crippen MR) is 63.6 cm³/mol. The van der Waals surface area contributed by atoms with E-state index in [9.17, 15) is 0 Å². The third-order valence-electron chi connectivity index (χ3n) is 2.26. The van der Waals surface area contributed by atoms with Crippen molar-refractivity contribution < 1.29 is 0 Å². The molecule has 0 aliphatic rings. The van der Waals surface area contributed by atoms with E-state index in [1.165, 1.54) is 5.56 Å². The quantitative estimate of drug-likeness (QED) is 0.735. The predicted octanol–water partition coefficient (Wildman–Crippen LogP) is 1.09. The van der Waals surface area contributed by atoms with Gasteiger partial charge in [0.1, 0.15) is 0 Å². The van der Waals surface area contributed by atoms with Crippen molar-refractivity contribution in [1.82, 2.24) is 20.4 Å². The molecule has 1 heterocycles. The third-order valence-corrected chi connectivity index (χ3v) is 2.26. The highest BCUT2D eigenvalue weighted by Gasteiger charge is 2.05. The largest absolute Gasteiger partial charge is 0.318 e. The van der Waals surface area contributed by atoms with Crippen molar-refractivity contribution in [2.24, 2.45) is 0 Å². The Labute approximate surface area is 91.4 Å². The van der Waals surface area contributed by atoms with Crippen LogP contribution in [0, 0.1) is 0 Å². The Kier molecular flexibility index (Phi) is 5.07. The number of aromatic amines is 1. The maximum Gasteiger partial charge on any atom is 0.0890 e. The minimum Gasteiger partial charge on any atom is -0.318 e. The number of hydrogen-bond acceptors (Lipinski definition) is 3. The number of hydrogen-bond donors (Lipinski definition) is 2. The van der Waals surface area contributed by atoms with E-state index < -0.39 is 0 Å². The topological polar surface area (TPSA) is 44.0 Å². The average molecular weight is 208 g/mol. The Hall–Kier alpha value is -1.13. The van der Waals surface area contributed by atoms with E-state index in [1.54, 1.807) is 0 Å². The van der Waals surface area contributed by atoms with Crippen LogP contribution in [0.3, 0.4) is 0 Å². The highest BCUT2D eigenvalue weighted by atomic mass is 15.1. The summed E-state index contributed by atoms with van der Waals surface area (Å²) in [5.41, 5.74) is 2.28. The number of nitrogens with zero attached hydrogens (tertiary/aromatic N) is 2. The van der Waals surface area contributed by atoms with Gasteiger partial charge in [-0.25, -0.2) is 0 Å². The second-order valence-corrected chi connectivity index (χ2v) is 3.64. The molecule has 0 aliphatic carbocycles. The maximum absolute atomic E-state index is 4.19. The van der Waals surface area contributed by atoms with E-state index in [2.05, 4.69) is 27.5 Å². The van der Waals surface area contributed by atoms with Gasteiger partial charge in [0.25, 0.3) is 0 Å². The first-order chi connectivity index (χ1) is 7.27. The summed E-state index contributed by atoms with van der Waals surface area (Å²) in [6.45, 7) is 4.98. The number of H-pyrrole nitrogens is 1. The maximum atomic E-state index is 4.19. The standard InChI is InChI=1S/C11H20N4/c1-4-5-11-10(8-13-14-11)9-15(3)7-6-12-2/h4-5,8,12H,6-7,9H2,1-3H3,(H,13,14)/b5-4+. The van der Waals surface area contributed by atoms with Crippen molar-refractivity contribution in [2.45, 2.75) is 13.5 Å². The van der Waals surface area contributed by atoms with E-state index in [0.717, 1.165) is 25.3 Å². The molecule has 0 aliphatic heterocycles. The van der Waals surface area contributed by atoms with Crippen LogP contribution in [0.5, 0.6) is 0 Å². The smallest absolute Gasteiger partial charge is 0.0890 e. The molecule has 4 heteroatoms. The van der Waals surface area contributed by atoms with Gasteiger partial charge in [-0.1, -0.05) is 6.08 Å². The van der Waals surface area contributed by atoms with E-state index in [-0.39, 0.29) is 0 Å². The molecule has 4 nitrogen and oxygen atoms in total. The van der Waals surface area contributed by atoms with Crippen LogP contribution in [-0.2, 0) is 6.54 Å². The third kappa shape index (κ3) is 3.85. The number of likely N-dealkylation sites (N-methyl/N-ethyl adjacent to an activating group) is 2. The first-order valence-corrected chi connectivity index (χ1v) is 5.26. The van der Waals surface area contributed by atoms with Crippen molar-refractivity contribution in [2.75, 3.05) is 27.2 Å². The second kappa shape index (κ2) is 6.37. The van der Waals surface area contributed by atoms with Crippen LogP contribution in [-0.4, -0.2) is 42.3 Å². The van der Waals surface area contributed by atoms with Gasteiger partial charge in [-0.2, -0.15) is 5.10 Å². The fourth-order valence-corrected chi connectivity index (χ4v) is 1.43. The first-order valence-electron chi connectivity index (χ1n) is 5.26. The highest BCUT2D eigenvalue weighted by molar-refractivity contribution is 5.47.